The molecule has 0 bridgehead atoms. The Labute approximate surface area is 89.0 Å². The van der Waals surface area contributed by atoms with E-state index in [0.717, 1.165) is 10.9 Å². The molecule has 3 heterocycles. The number of carboxylic acid groups (broad SMARTS) is 1. The monoisotopic (exact) mass is 214 g/mol. The fourth-order valence-electron chi connectivity index (χ4n) is 1.66. The highest BCUT2D eigenvalue weighted by Gasteiger charge is 2.14. The second-order valence-corrected chi connectivity index (χ2v) is 3.32. The molecule has 0 saturated carbocycles. The van der Waals surface area contributed by atoms with Crippen LogP contribution in [-0.2, 0) is 0 Å². The molecule has 2 N–H and O–H groups in total. The summed E-state index contributed by atoms with van der Waals surface area (Å²) in [5.74, 6) is -1.05. The number of aromatic amines is 1. The smallest absolute Gasteiger partial charge is 0.354 e. The first-order valence-electron chi connectivity index (χ1n) is 4.57. The first-order chi connectivity index (χ1) is 7.77. The number of carbonyl (C=O) groups is 1. The van der Waals surface area contributed by atoms with Crippen molar-refractivity contribution in [2.24, 2.45) is 0 Å². The van der Waals surface area contributed by atoms with Gasteiger partial charge >= 0.3 is 5.97 Å². The Bertz CT molecular complexity index is 704. The predicted molar refractivity (Wildman–Crippen MR) is 56.1 cm³/mol. The lowest BCUT2D eigenvalue weighted by Crippen LogP contribution is -1.96. The zero-order valence-corrected chi connectivity index (χ0v) is 8.01. The van der Waals surface area contributed by atoms with Gasteiger partial charge in [0.15, 0.2) is 5.69 Å². The number of H-pyrrole nitrogens is 1. The number of hydrogen-bond acceptors (Lipinski definition) is 4. The third-order valence-electron chi connectivity index (χ3n) is 2.40. The van der Waals surface area contributed by atoms with Crippen molar-refractivity contribution in [1.29, 1.82) is 0 Å². The fourth-order valence-corrected chi connectivity index (χ4v) is 1.66. The van der Waals surface area contributed by atoms with E-state index in [1.54, 1.807) is 18.5 Å². The van der Waals surface area contributed by atoms with E-state index in [0.29, 0.717) is 10.9 Å². The lowest BCUT2D eigenvalue weighted by molar-refractivity contribution is 0.0692. The standard InChI is InChI=1S/C10H6N4O2/c15-10(16)9-6-4-12-7-1-2-11-3-5(7)8(6)13-14-9/h1-4H,(H,13,14)(H,15,16). The van der Waals surface area contributed by atoms with Crippen LogP contribution in [0, 0.1) is 0 Å². The topological polar surface area (TPSA) is 91.8 Å². The minimum absolute atomic E-state index is 0.0493. The molecule has 0 atom stereocenters. The Hall–Kier alpha value is -2.50. The van der Waals surface area contributed by atoms with Gasteiger partial charge in [0.2, 0.25) is 0 Å². The van der Waals surface area contributed by atoms with Gasteiger partial charge in [-0.25, -0.2) is 4.79 Å². The fraction of sp³-hybridized carbons (Fsp3) is 0. The number of pyridine rings is 2. The highest BCUT2D eigenvalue weighted by Crippen LogP contribution is 2.22. The summed E-state index contributed by atoms with van der Waals surface area (Å²) in [7, 11) is 0. The van der Waals surface area contributed by atoms with Crippen molar-refractivity contribution >= 4 is 27.8 Å². The van der Waals surface area contributed by atoms with Gasteiger partial charge in [-0.2, -0.15) is 5.10 Å². The van der Waals surface area contributed by atoms with Crippen LogP contribution in [0.15, 0.2) is 24.7 Å². The maximum atomic E-state index is 10.9. The maximum absolute atomic E-state index is 10.9. The van der Waals surface area contributed by atoms with E-state index in [4.69, 9.17) is 5.11 Å². The van der Waals surface area contributed by atoms with Crippen LogP contribution in [-0.4, -0.2) is 31.2 Å². The van der Waals surface area contributed by atoms with E-state index >= 15 is 0 Å². The Balaban J connectivity index is 2.49. The summed E-state index contributed by atoms with van der Waals surface area (Å²) in [5.41, 5.74) is 1.37. The van der Waals surface area contributed by atoms with E-state index in [2.05, 4.69) is 20.2 Å². The quantitative estimate of drug-likeness (QED) is 0.635. The van der Waals surface area contributed by atoms with Crippen LogP contribution in [0.4, 0.5) is 0 Å². The van der Waals surface area contributed by atoms with E-state index in [-0.39, 0.29) is 5.69 Å². The molecule has 0 aliphatic carbocycles. The van der Waals surface area contributed by atoms with Crippen LogP contribution in [0.2, 0.25) is 0 Å². The Morgan fingerprint density at radius 3 is 3.00 bits per heavy atom. The molecule has 0 amide bonds. The highest BCUT2D eigenvalue weighted by atomic mass is 16.4. The van der Waals surface area contributed by atoms with Crippen LogP contribution in [0.5, 0.6) is 0 Å². The Morgan fingerprint density at radius 2 is 2.19 bits per heavy atom. The summed E-state index contributed by atoms with van der Waals surface area (Å²) >= 11 is 0. The molecule has 0 aromatic carbocycles. The maximum Gasteiger partial charge on any atom is 0.354 e. The van der Waals surface area contributed by atoms with Gasteiger partial charge in [0, 0.05) is 24.0 Å². The van der Waals surface area contributed by atoms with Gasteiger partial charge < -0.3 is 5.11 Å². The molecule has 0 aliphatic rings. The number of nitrogens with one attached hydrogen (secondary N) is 1. The number of rotatable bonds is 1. The SMILES string of the molecule is O=C(O)c1[nH]nc2c1cnc1ccncc12. The zero-order valence-electron chi connectivity index (χ0n) is 8.01. The molecule has 3 aromatic heterocycles. The first-order valence-corrected chi connectivity index (χ1v) is 4.57. The number of aromatic nitrogens is 4. The molecule has 6 heteroatoms. The van der Waals surface area contributed by atoms with Crippen molar-refractivity contribution in [1.82, 2.24) is 20.2 Å². The third kappa shape index (κ3) is 1.07. The third-order valence-corrected chi connectivity index (χ3v) is 2.40. The van der Waals surface area contributed by atoms with E-state index < -0.39 is 5.97 Å². The van der Waals surface area contributed by atoms with Crippen molar-refractivity contribution in [3.63, 3.8) is 0 Å². The molecule has 0 radical (unpaired) electrons. The van der Waals surface area contributed by atoms with E-state index in [1.807, 2.05) is 0 Å². The second kappa shape index (κ2) is 2.99. The summed E-state index contributed by atoms with van der Waals surface area (Å²) in [4.78, 5) is 19.0. The highest BCUT2D eigenvalue weighted by molar-refractivity contribution is 6.09. The van der Waals surface area contributed by atoms with Gasteiger partial charge in [-0.3, -0.25) is 15.1 Å². The molecule has 0 spiro atoms. The molecule has 3 rings (SSSR count). The first kappa shape index (κ1) is 8.78. The molecule has 0 aliphatic heterocycles. The summed E-state index contributed by atoms with van der Waals surface area (Å²) in [6.07, 6.45) is 4.76. The number of nitrogens with zero attached hydrogens (tertiary/aromatic N) is 3. The van der Waals surface area contributed by atoms with E-state index in [1.165, 1.54) is 6.20 Å². The minimum atomic E-state index is -1.05. The van der Waals surface area contributed by atoms with Crippen molar-refractivity contribution in [3.8, 4) is 0 Å². The summed E-state index contributed by atoms with van der Waals surface area (Å²) in [5, 5.41) is 16.6. The summed E-state index contributed by atoms with van der Waals surface area (Å²) in [6.45, 7) is 0. The van der Waals surface area contributed by atoms with Crippen molar-refractivity contribution < 1.29 is 9.90 Å². The van der Waals surface area contributed by atoms with Crippen LogP contribution < -0.4 is 0 Å². The Morgan fingerprint density at radius 1 is 1.31 bits per heavy atom. The number of hydrogen-bond donors (Lipinski definition) is 2. The van der Waals surface area contributed by atoms with E-state index in [9.17, 15) is 4.79 Å². The van der Waals surface area contributed by atoms with Gasteiger partial charge in [0.05, 0.1) is 10.9 Å². The van der Waals surface area contributed by atoms with Gasteiger partial charge in [-0.05, 0) is 6.07 Å². The summed E-state index contributed by atoms with van der Waals surface area (Å²) < 4.78 is 0. The summed E-state index contributed by atoms with van der Waals surface area (Å²) in [6, 6.07) is 1.75. The molecule has 6 nitrogen and oxygen atoms in total. The predicted octanol–water partition coefficient (Wildman–Crippen LogP) is 1.20. The average molecular weight is 214 g/mol. The van der Waals surface area contributed by atoms with Gasteiger partial charge in [0.1, 0.15) is 5.52 Å². The minimum Gasteiger partial charge on any atom is -0.477 e. The van der Waals surface area contributed by atoms with Gasteiger partial charge in [0.25, 0.3) is 0 Å². The number of carboxylic acids is 1. The molecule has 78 valence electrons. The second-order valence-electron chi connectivity index (χ2n) is 3.32. The van der Waals surface area contributed by atoms with Crippen LogP contribution in [0.1, 0.15) is 10.5 Å². The van der Waals surface area contributed by atoms with Crippen LogP contribution >= 0.6 is 0 Å². The number of fused-ring (bicyclic) bond motifs is 3. The van der Waals surface area contributed by atoms with Crippen LogP contribution in [0.3, 0.4) is 0 Å². The van der Waals surface area contributed by atoms with Crippen LogP contribution in [0.25, 0.3) is 21.8 Å². The largest absolute Gasteiger partial charge is 0.477 e. The molecular formula is C10H6N4O2. The molecule has 3 aromatic rings. The Kier molecular flexibility index (Phi) is 1.64. The molecule has 16 heavy (non-hydrogen) atoms. The van der Waals surface area contributed by atoms with Crippen molar-refractivity contribution in [2.75, 3.05) is 0 Å². The lowest BCUT2D eigenvalue weighted by atomic mass is 10.2. The molecular weight excluding hydrogens is 208 g/mol. The van der Waals surface area contributed by atoms with Gasteiger partial charge in [-0.15, -0.1) is 0 Å². The lowest BCUT2D eigenvalue weighted by Gasteiger charge is -1.96. The number of aromatic carboxylic acids is 1. The van der Waals surface area contributed by atoms with Crippen molar-refractivity contribution in [2.45, 2.75) is 0 Å². The molecule has 0 fully saturated rings. The average Bonchev–Trinajstić information content (AvgIpc) is 2.73. The van der Waals surface area contributed by atoms with Crippen molar-refractivity contribution in [3.05, 3.63) is 30.4 Å². The zero-order chi connectivity index (χ0) is 11.1. The molecule has 0 saturated heterocycles. The van der Waals surface area contributed by atoms with Gasteiger partial charge in [-0.1, -0.05) is 0 Å². The molecule has 0 unspecified atom stereocenters. The normalized spacial score (nSPS) is 11.0.